The lowest BCUT2D eigenvalue weighted by atomic mass is 9.89. The fraction of sp³-hybridized carbons (Fsp3) is 0.455. The van der Waals surface area contributed by atoms with Crippen molar-refractivity contribution < 1.29 is 19.7 Å². The van der Waals surface area contributed by atoms with E-state index in [9.17, 15) is 19.7 Å². The molecule has 2 aromatic rings. The molecule has 0 aliphatic heterocycles. The Bertz CT molecular complexity index is 662. The monoisotopic (exact) mass is 360 g/mol. The van der Waals surface area contributed by atoms with E-state index in [0.29, 0.717) is 12.0 Å². The minimum atomic E-state index is -2.75. The van der Waals surface area contributed by atoms with Gasteiger partial charge in [0, 0.05) is 0 Å². The Morgan fingerprint density at radius 2 is 1.50 bits per heavy atom. The summed E-state index contributed by atoms with van der Waals surface area (Å²) in [6.07, 6.45) is 7.04. The molecule has 142 valence electrons. The maximum atomic E-state index is 13.4. The maximum Gasteiger partial charge on any atom is 0.282 e. The summed E-state index contributed by atoms with van der Waals surface area (Å²) in [6, 6.07) is 13.5. The molecule has 1 unspecified atom stereocenters. The highest BCUT2D eigenvalue weighted by molar-refractivity contribution is 5.63. The van der Waals surface area contributed by atoms with Crippen molar-refractivity contribution >= 4 is 0 Å². The third-order valence-corrected chi connectivity index (χ3v) is 4.78. The van der Waals surface area contributed by atoms with Crippen molar-refractivity contribution in [1.29, 1.82) is 0 Å². The highest BCUT2D eigenvalue weighted by Gasteiger charge is 2.33. The molecule has 0 aliphatic carbocycles. The number of hydrogen-bond acceptors (Lipinski definition) is 3. The first-order valence-corrected chi connectivity index (χ1v) is 9.45. The fourth-order valence-corrected chi connectivity index (χ4v) is 3.29. The molecule has 0 spiro atoms. The zero-order valence-electron chi connectivity index (χ0n) is 15.4. The van der Waals surface area contributed by atoms with Crippen molar-refractivity contribution in [3.63, 3.8) is 0 Å². The second-order valence-electron chi connectivity index (χ2n) is 6.93. The zero-order chi connectivity index (χ0) is 19.0. The second kappa shape index (κ2) is 9.81. The van der Waals surface area contributed by atoms with Crippen molar-refractivity contribution in [2.24, 2.45) is 0 Å². The van der Waals surface area contributed by atoms with Crippen molar-refractivity contribution in [2.75, 3.05) is 0 Å². The number of benzene rings is 2. The zero-order valence-corrected chi connectivity index (χ0v) is 15.4. The maximum absolute atomic E-state index is 13.4. The lowest BCUT2D eigenvalue weighted by Gasteiger charge is -2.26. The van der Waals surface area contributed by atoms with Crippen LogP contribution >= 0.6 is 0 Å². The van der Waals surface area contributed by atoms with E-state index in [4.69, 9.17) is 0 Å². The molecular formula is C22H29FO3. The molecule has 0 saturated carbocycles. The third-order valence-electron chi connectivity index (χ3n) is 4.78. The largest absolute Gasteiger partial charge is 0.343 e. The summed E-state index contributed by atoms with van der Waals surface area (Å²) < 4.78 is 13.4. The third kappa shape index (κ3) is 6.20. The first-order valence-electron chi connectivity index (χ1n) is 9.45. The van der Waals surface area contributed by atoms with Crippen molar-refractivity contribution in [2.45, 2.75) is 63.8 Å². The van der Waals surface area contributed by atoms with E-state index in [1.54, 1.807) is 18.2 Å². The van der Waals surface area contributed by atoms with Crippen LogP contribution in [0.5, 0.6) is 0 Å². The van der Waals surface area contributed by atoms with Crippen LogP contribution in [0.15, 0.2) is 48.5 Å². The van der Waals surface area contributed by atoms with Crippen LogP contribution in [0.3, 0.4) is 0 Å². The molecule has 0 aliphatic rings. The van der Waals surface area contributed by atoms with Gasteiger partial charge < -0.3 is 15.3 Å². The molecule has 0 amide bonds. The molecule has 0 saturated heterocycles. The average molecular weight is 360 g/mol. The standard InChI is InChI=1S/C22H29FO3/c1-2-3-4-5-6-7-11-21(22(24,25)26)18-14-12-17(13-15-18)19-9-8-10-20(23)16-19/h8-10,12-16,21,24-26H,2-7,11H2,1H3. The van der Waals surface area contributed by atoms with Gasteiger partial charge in [-0.15, -0.1) is 0 Å². The average Bonchev–Trinajstić information content (AvgIpc) is 2.60. The lowest BCUT2D eigenvalue weighted by Crippen LogP contribution is -2.35. The molecule has 0 radical (unpaired) electrons. The summed E-state index contributed by atoms with van der Waals surface area (Å²) in [5.74, 6) is -3.81. The van der Waals surface area contributed by atoms with Crippen LogP contribution in [0.2, 0.25) is 0 Å². The topological polar surface area (TPSA) is 60.7 Å². The van der Waals surface area contributed by atoms with E-state index in [0.717, 1.165) is 30.4 Å². The summed E-state index contributed by atoms with van der Waals surface area (Å²) >= 11 is 0. The quantitative estimate of drug-likeness (QED) is 0.415. The van der Waals surface area contributed by atoms with E-state index in [2.05, 4.69) is 6.92 Å². The number of aliphatic hydroxyl groups is 3. The van der Waals surface area contributed by atoms with Crippen LogP contribution in [-0.2, 0) is 0 Å². The minimum absolute atomic E-state index is 0.299. The van der Waals surface area contributed by atoms with Gasteiger partial charge in [0.05, 0.1) is 5.92 Å². The molecule has 0 heterocycles. The van der Waals surface area contributed by atoms with Crippen molar-refractivity contribution in [3.05, 3.63) is 59.9 Å². The van der Waals surface area contributed by atoms with Gasteiger partial charge in [0.15, 0.2) is 0 Å². The Morgan fingerprint density at radius 3 is 2.12 bits per heavy atom. The van der Waals surface area contributed by atoms with Crippen LogP contribution in [0, 0.1) is 5.82 Å². The predicted molar refractivity (Wildman–Crippen MR) is 102 cm³/mol. The van der Waals surface area contributed by atoms with Gasteiger partial charge in [0.1, 0.15) is 5.82 Å². The number of hydrogen-bond donors (Lipinski definition) is 3. The van der Waals surface area contributed by atoms with Crippen molar-refractivity contribution in [3.8, 4) is 11.1 Å². The molecule has 0 bridgehead atoms. The summed E-state index contributed by atoms with van der Waals surface area (Å²) in [5.41, 5.74) is 2.25. The van der Waals surface area contributed by atoms with Crippen LogP contribution in [0.4, 0.5) is 4.39 Å². The fourth-order valence-electron chi connectivity index (χ4n) is 3.29. The molecule has 4 heteroatoms. The van der Waals surface area contributed by atoms with Gasteiger partial charge in [-0.25, -0.2) is 4.39 Å². The number of rotatable bonds is 10. The van der Waals surface area contributed by atoms with Gasteiger partial charge in [-0.2, -0.15) is 0 Å². The molecule has 3 nitrogen and oxygen atoms in total. The Labute approximate surface area is 155 Å². The van der Waals surface area contributed by atoms with Crippen LogP contribution in [-0.4, -0.2) is 21.3 Å². The van der Waals surface area contributed by atoms with Gasteiger partial charge in [-0.3, -0.25) is 0 Å². The number of unbranched alkanes of at least 4 members (excludes halogenated alkanes) is 5. The molecule has 0 aromatic heterocycles. The van der Waals surface area contributed by atoms with E-state index in [1.807, 2.05) is 18.2 Å². The highest BCUT2D eigenvalue weighted by Crippen LogP contribution is 2.32. The van der Waals surface area contributed by atoms with Gasteiger partial charge in [-0.1, -0.05) is 81.8 Å². The van der Waals surface area contributed by atoms with E-state index >= 15 is 0 Å². The smallest absolute Gasteiger partial charge is 0.282 e. The Kier molecular flexibility index (Phi) is 7.76. The van der Waals surface area contributed by atoms with Gasteiger partial charge in [0.25, 0.3) is 5.97 Å². The summed E-state index contributed by atoms with van der Waals surface area (Å²) in [5, 5.41) is 29.3. The SMILES string of the molecule is CCCCCCCCC(c1ccc(-c2cccc(F)c2)cc1)C(O)(O)O. The Balaban J connectivity index is 2.04. The second-order valence-corrected chi connectivity index (χ2v) is 6.93. The number of halogens is 1. The Morgan fingerprint density at radius 1 is 0.846 bits per heavy atom. The first-order chi connectivity index (χ1) is 12.4. The summed E-state index contributed by atoms with van der Waals surface area (Å²) in [4.78, 5) is 0. The van der Waals surface area contributed by atoms with Crippen molar-refractivity contribution in [1.82, 2.24) is 0 Å². The van der Waals surface area contributed by atoms with Crippen LogP contribution in [0.1, 0.15) is 63.4 Å². The van der Waals surface area contributed by atoms with E-state index < -0.39 is 11.9 Å². The van der Waals surface area contributed by atoms with Gasteiger partial charge >= 0.3 is 0 Å². The predicted octanol–water partition coefficient (Wildman–Crippen LogP) is 4.96. The first kappa shape index (κ1) is 20.6. The molecule has 26 heavy (non-hydrogen) atoms. The van der Waals surface area contributed by atoms with Gasteiger partial charge in [0.2, 0.25) is 0 Å². The van der Waals surface area contributed by atoms with E-state index in [1.165, 1.54) is 31.4 Å². The summed E-state index contributed by atoms with van der Waals surface area (Å²) in [6.45, 7) is 2.17. The normalized spacial score (nSPS) is 13.0. The van der Waals surface area contributed by atoms with Crippen LogP contribution < -0.4 is 0 Å². The molecule has 1 atom stereocenters. The molecule has 2 aromatic carbocycles. The lowest BCUT2D eigenvalue weighted by molar-refractivity contribution is -0.326. The van der Waals surface area contributed by atoms with Gasteiger partial charge in [-0.05, 0) is 35.2 Å². The highest BCUT2D eigenvalue weighted by atomic mass is 19.1. The Hall–Kier alpha value is -1.75. The summed E-state index contributed by atoms with van der Waals surface area (Å²) in [7, 11) is 0. The van der Waals surface area contributed by atoms with Crippen LogP contribution in [0.25, 0.3) is 11.1 Å². The molecule has 2 rings (SSSR count). The molecule has 3 N–H and O–H groups in total. The molecular weight excluding hydrogens is 331 g/mol. The molecule has 0 fully saturated rings. The van der Waals surface area contributed by atoms with E-state index in [-0.39, 0.29) is 5.82 Å². The minimum Gasteiger partial charge on any atom is -0.343 e.